The second-order valence-electron chi connectivity index (χ2n) is 5.86. The Hall–Kier alpha value is -2.55. The van der Waals surface area contributed by atoms with Crippen LogP contribution in [-0.4, -0.2) is 29.4 Å². The van der Waals surface area contributed by atoms with Crippen molar-refractivity contribution < 1.29 is 18.7 Å². The van der Waals surface area contributed by atoms with E-state index < -0.39 is 12.3 Å². The molecular formula is C17H15BrF2N4O2. The van der Waals surface area contributed by atoms with Gasteiger partial charge in [-0.1, -0.05) is 15.9 Å². The fourth-order valence-electron chi connectivity index (χ4n) is 2.39. The molecule has 9 heteroatoms. The van der Waals surface area contributed by atoms with E-state index in [9.17, 15) is 18.7 Å². The monoisotopic (exact) mass is 424 g/mol. The fraction of sp³-hybridized carbons (Fsp3) is 0.235. The molecule has 1 aliphatic carbocycles. The summed E-state index contributed by atoms with van der Waals surface area (Å²) in [5, 5.41) is 22.2. The third kappa shape index (κ3) is 3.98. The second-order valence-corrected chi connectivity index (χ2v) is 6.77. The Morgan fingerprint density at radius 2 is 2.19 bits per heavy atom. The molecule has 3 rings (SSSR count). The number of phenols is 1. The number of hydrogen-bond acceptors (Lipinski definition) is 5. The Kier molecular flexibility index (Phi) is 5.17. The van der Waals surface area contributed by atoms with Gasteiger partial charge >= 0.3 is 0 Å². The molecule has 0 atom stereocenters. The number of carbonyl (C=O) groups is 1. The quantitative estimate of drug-likeness (QED) is 0.330. The van der Waals surface area contributed by atoms with E-state index in [4.69, 9.17) is 5.41 Å². The second kappa shape index (κ2) is 7.36. The normalized spacial score (nSPS) is 18.6. The van der Waals surface area contributed by atoms with Crippen molar-refractivity contribution >= 4 is 39.5 Å². The van der Waals surface area contributed by atoms with Gasteiger partial charge < -0.3 is 21.1 Å². The number of halogens is 3. The van der Waals surface area contributed by atoms with Crippen molar-refractivity contribution in [1.82, 2.24) is 5.32 Å². The van der Waals surface area contributed by atoms with Gasteiger partial charge in [-0.3, -0.25) is 4.79 Å². The van der Waals surface area contributed by atoms with Gasteiger partial charge in [-0.15, -0.1) is 0 Å². The van der Waals surface area contributed by atoms with Crippen LogP contribution < -0.4 is 10.6 Å². The molecule has 1 aliphatic heterocycles. The molecule has 1 aromatic rings. The van der Waals surface area contributed by atoms with E-state index in [1.54, 1.807) is 6.07 Å². The lowest BCUT2D eigenvalue weighted by Gasteiger charge is -2.19. The molecule has 0 bridgehead atoms. The highest BCUT2D eigenvalue weighted by molar-refractivity contribution is 9.10. The molecule has 1 fully saturated rings. The zero-order valence-electron chi connectivity index (χ0n) is 13.4. The molecule has 0 unspecified atom stereocenters. The molecular weight excluding hydrogens is 410 g/mol. The first kappa shape index (κ1) is 18.2. The summed E-state index contributed by atoms with van der Waals surface area (Å²) in [4.78, 5) is 16.8. The highest BCUT2D eigenvalue weighted by Gasteiger charge is 2.31. The molecule has 26 heavy (non-hydrogen) atoms. The number of nitrogens with one attached hydrogen (secondary N) is 3. The molecule has 1 amide bonds. The van der Waals surface area contributed by atoms with Crippen LogP contribution in [0.1, 0.15) is 12.8 Å². The van der Waals surface area contributed by atoms with Crippen molar-refractivity contribution in [3.8, 4) is 5.75 Å². The summed E-state index contributed by atoms with van der Waals surface area (Å²) < 4.78 is 26.9. The van der Waals surface area contributed by atoms with Crippen molar-refractivity contribution in [3.05, 3.63) is 45.8 Å². The number of aromatic hydroxyl groups is 1. The SMILES string of the molecule is N=C/C(C(=O)Nc1cc(Br)ccc1O)=C1/N=C(C2CC2)C=C(C(F)F)N1. The van der Waals surface area contributed by atoms with Gasteiger partial charge in [0.1, 0.15) is 11.6 Å². The third-order valence-corrected chi connectivity index (χ3v) is 4.38. The van der Waals surface area contributed by atoms with Gasteiger partial charge in [0.05, 0.1) is 17.0 Å². The van der Waals surface area contributed by atoms with Crippen molar-refractivity contribution in [2.45, 2.75) is 19.3 Å². The van der Waals surface area contributed by atoms with Crippen LogP contribution in [0.25, 0.3) is 0 Å². The fourth-order valence-corrected chi connectivity index (χ4v) is 2.76. The van der Waals surface area contributed by atoms with E-state index >= 15 is 0 Å². The highest BCUT2D eigenvalue weighted by atomic mass is 79.9. The van der Waals surface area contributed by atoms with E-state index in [-0.39, 0.29) is 34.4 Å². The van der Waals surface area contributed by atoms with E-state index in [2.05, 4.69) is 31.6 Å². The zero-order chi connectivity index (χ0) is 18.8. The minimum atomic E-state index is -2.75. The molecule has 136 valence electrons. The maximum absolute atomic E-state index is 13.2. The Labute approximate surface area is 156 Å². The first-order chi connectivity index (χ1) is 12.4. The van der Waals surface area contributed by atoms with Gasteiger partial charge in [0.25, 0.3) is 12.3 Å². The summed E-state index contributed by atoms with van der Waals surface area (Å²) in [6.07, 6.45) is 1.01. The predicted molar refractivity (Wildman–Crippen MR) is 97.6 cm³/mol. The average Bonchev–Trinajstić information content (AvgIpc) is 3.43. The first-order valence-corrected chi connectivity index (χ1v) is 8.58. The third-order valence-electron chi connectivity index (χ3n) is 3.89. The van der Waals surface area contributed by atoms with Gasteiger partial charge in [0.15, 0.2) is 0 Å². The number of anilines is 1. The summed E-state index contributed by atoms with van der Waals surface area (Å²) in [5.74, 6) is -0.912. The Morgan fingerprint density at radius 1 is 1.46 bits per heavy atom. The lowest BCUT2D eigenvalue weighted by molar-refractivity contribution is -0.112. The standard InChI is InChI=1S/C17H15BrF2N4O2/c18-9-3-4-14(25)12(5-9)24-17(26)10(7-21)16-22-11(8-1-2-8)6-13(23-16)15(19)20/h3-8,15,21,23,25H,1-2H2,(H,24,26)/b16-10+,21-7?. The van der Waals surface area contributed by atoms with Gasteiger partial charge in [0, 0.05) is 22.3 Å². The van der Waals surface area contributed by atoms with Crippen molar-refractivity contribution in [1.29, 1.82) is 5.41 Å². The average molecular weight is 425 g/mol. The smallest absolute Gasteiger partial charge is 0.278 e. The van der Waals surface area contributed by atoms with Crippen LogP contribution in [0.2, 0.25) is 0 Å². The van der Waals surface area contributed by atoms with Crippen LogP contribution in [0.4, 0.5) is 14.5 Å². The van der Waals surface area contributed by atoms with Crippen LogP contribution in [0.15, 0.2) is 50.8 Å². The molecule has 1 saturated carbocycles. The number of allylic oxidation sites excluding steroid dienone is 2. The topological polar surface area (TPSA) is 97.6 Å². The Morgan fingerprint density at radius 3 is 2.81 bits per heavy atom. The molecule has 1 aromatic carbocycles. The first-order valence-electron chi connectivity index (χ1n) is 7.79. The van der Waals surface area contributed by atoms with Crippen molar-refractivity contribution in [2.24, 2.45) is 10.9 Å². The molecule has 4 N–H and O–H groups in total. The van der Waals surface area contributed by atoms with Crippen molar-refractivity contribution in [3.63, 3.8) is 0 Å². The molecule has 0 aromatic heterocycles. The highest BCUT2D eigenvalue weighted by Crippen LogP contribution is 2.34. The molecule has 2 aliphatic rings. The van der Waals surface area contributed by atoms with Gasteiger partial charge in [-0.25, -0.2) is 13.8 Å². The minimum Gasteiger partial charge on any atom is -0.506 e. The summed E-state index contributed by atoms with van der Waals surface area (Å²) in [6.45, 7) is 0. The number of benzene rings is 1. The zero-order valence-corrected chi connectivity index (χ0v) is 15.0. The van der Waals surface area contributed by atoms with Crippen LogP contribution in [-0.2, 0) is 4.79 Å². The van der Waals surface area contributed by atoms with E-state index in [0.29, 0.717) is 10.2 Å². The van der Waals surface area contributed by atoms with Crippen LogP contribution in [0, 0.1) is 11.3 Å². The number of nitrogens with zero attached hydrogens (tertiary/aromatic N) is 1. The largest absolute Gasteiger partial charge is 0.506 e. The maximum atomic E-state index is 13.2. The summed E-state index contributed by atoms with van der Waals surface area (Å²) in [6, 6.07) is 4.46. The van der Waals surface area contributed by atoms with Gasteiger partial charge in [-0.05, 0) is 37.1 Å². The van der Waals surface area contributed by atoms with E-state index in [1.165, 1.54) is 18.2 Å². The number of rotatable bonds is 5. The van der Waals surface area contributed by atoms with E-state index in [1.807, 2.05) is 0 Å². The molecule has 0 saturated heterocycles. The van der Waals surface area contributed by atoms with Crippen molar-refractivity contribution in [2.75, 3.05) is 5.32 Å². The maximum Gasteiger partial charge on any atom is 0.278 e. The van der Waals surface area contributed by atoms with E-state index in [0.717, 1.165) is 19.1 Å². The number of hydrogen-bond donors (Lipinski definition) is 4. The number of phenolic OH excluding ortho intramolecular Hbond substituents is 1. The molecule has 0 spiro atoms. The van der Waals surface area contributed by atoms with Crippen LogP contribution >= 0.6 is 15.9 Å². The van der Waals surface area contributed by atoms with Gasteiger partial charge in [-0.2, -0.15) is 0 Å². The minimum absolute atomic E-state index is 0.102. The predicted octanol–water partition coefficient (Wildman–Crippen LogP) is 3.56. The summed E-state index contributed by atoms with van der Waals surface area (Å²) >= 11 is 3.23. The molecule has 0 radical (unpaired) electrons. The van der Waals surface area contributed by atoms with Crippen LogP contribution in [0.5, 0.6) is 5.75 Å². The van der Waals surface area contributed by atoms with Gasteiger partial charge in [0.2, 0.25) is 0 Å². The molecule has 6 nitrogen and oxygen atoms in total. The number of carbonyl (C=O) groups excluding carboxylic acids is 1. The summed E-state index contributed by atoms with van der Waals surface area (Å²) in [5.41, 5.74) is 0.0331. The lowest BCUT2D eigenvalue weighted by atomic mass is 10.1. The summed E-state index contributed by atoms with van der Waals surface area (Å²) in [7, 11) is 0. The molecule has 1 heterocycles. The number of amides is 1. The lowest BCUT2D eigenvalue weighted by Crippen LogP contribution is -2.28. The Bertz CT molecular complexity index is 860. The Balaban J connectivity index is 1.93. The van der Waals surface area contributed by atoms with Crippen LogP contribution in [0.3, 0.4) is 0 Å². The number of aliphatic imine (C=N–C) groups is 1. The number of alkyl halides is 2.